The molecule has 4 nitrogen and oxygen atoms in total. The Morgan fingerprint density at radius 1 is 1.20 bits per heavy atom. The van der Waals surface area contributed by atoms with E-state index in [4.69, 9.17) is 16.3 Å². The van der Waals surface area contributed by atoms with E-state index in [1.54, 1.807) is 0 Å². The Balaban J connectivity index is 1.31. The van der Waals surface area contributed by atoms with E-state index in [0.717, 1.165) is 62.7 Å². The molecule has 0 aliphatic carbocycles. The predicted molar refractivity (Wildman–Crippen MR) is 98.5 cm³/mol. The van der Waals surface area contributed by atoms with Crippen molar-refractivity contribution in [1.29, 1.82) is 0 Å². The van der Waals surface area contributed by atoms with Crippen LogP contribution in [-0.4, -0.2) is 55.1 Å². The highest BCUT2D eigenvalue weighted by Crippen LogP contribution is 2.41. The molecule has 3 fully saturated rings. The van der Waals surface area contributed by atoms with E-state index in [-0.39, 0.29) is 5.41 Å². The van der Waals surface area contributed by atoms with Crippen LogP contribution >= 0.6 is 11.6 Å². The van der Waals surface area contributed by atoms with Crippen LogP contribution in [-0.2, 0) is 16.1 Å². The average molecular weight is 363 g/mol. The van der Waals surface area contributed by atoms with Crippen molar-refractivity contribution in [2.45, 2.75) is 32.2 Å². The largest absolute Gasteiger partial charge is 0.381 e. The van der Waals surface area contributed by atoms with Crippen molar-refractivity contribution in [3.8, 4) is 0 Å². The first-order valence-corrected chi connectivity index (χ1v) is 9.82. The van der Waals surface area contributed by atoms with Gasteiger partial charge in [-0.25, -0.2) is 0 Å². The molecule has 0 saturated carbocycles. The lowest BCUT2D eigenvalue weighted by molar-refractivity contribution is -0.128. The topological polar surface area (TPSA) is 32.8 Å². The van der Waals surface area contributed by atoms with Crippen LogP contribution in [0.2, 0.25) is 5.02 Å². The fourth-order valence-corrected chi connectivity index (χ4v) is 4.70. The second kappa shape index (κ2) is 7.26. The highest BCUT2D eigenvalue weighted by Gasteiger charge is 2.44. The molecule has 0 bridgehead atoms. The maximum atomic E-state index is 12.5. The highest BCUT2D eigenvalue weighted by molar-refractivity contribution is 6.30. The molecule has 0 N–H and O–H groups in total. The minimum Gasteiger partial charge on any atom is -0.381 e. The number of amides is 1. The van der Waals surface area contributed by atoms with E-state index in [0.29, 0.717) is 18.4 Å². The lowest BCUT2D eigenvalue weighted by atomic mass is 9.77. The first-order chi connectivity index (χ1) is 12.1. The third-order valence-electron chi connectivity index (χ3n) is 6.15. The Morgan fingerprint density at radius 3 is 2.64 bits per heavy atom. The van der Waals surface area contributed by atoms with E-state index in [1.807, 2.05) is 29.2 Å². The molecule has 4 rings (SSSR count). The maximum absolute atomic E-state index is 12.5. The summed E-state index contributed by atoms with van der Waals surface area (Å²) in [6.45, 7) is 6.89. The van der Waals surface area contributed by atoms with Crippen molar-refractivity contribution in [3.05, 3.63) is 34.9 Å². The molecule has 0 radical (unpaired) electrons. The van der Waals surface area contributed by atoms with Gasteiger partial charge in [0.2, 0.25) is 5.91 Å². The van der Waals surface area contributed by atoms with E-state index in [9.17, 15) is 4.79 Å². The number of benzene rings is 1. The molecule has 3 aliphatic rings. The van der Waals surface area contributed by atoms with Crippen LogP contribution in [0.5, 0.6) is 0 Å². The molecule has 5 heteroatoms. The van der Waals surface area contributed by atoms with Crippen LogP contribution in [0, 0.1) is 11.3 Å². The fraction of sp³-hybridized carbons (Fsp3) is 0.650. The molecule has 1 atom stereocenters. The summed E-state index contributed by atoms with van der Waals surface area (Å²) in [5.41, 5.74) is 1.36. The predicted octanol–water partition coefficient (Wildman–Crippen LogP) is 3.19. The molecule has 1 aromatic carbocycles. The Bertz CT molecular complexity index is 605. The summed E-state index contributed by atoms with van der Waals surface area (Å²) in [6, 6.07) is 7.84. The summed E-state index contributed by atoms with van der Waals surface area (Å²) in [4.78, 5) is 17.2. The van der Waals surface area contributed by atoms with Crippen LogP contribution in [0.3, 0.4) is 0 Å². The second-order valence-electron chi connectivity index (χ2n) is 8.08. The van der Waals surface area contributed by atoms with Crippen molar-refractivity contribution >= 4 is 17.5 Å². The molecule has 0 unspecified atom stereocenters. The third-order valence-corrected chi connectivity index (χ3v) is 6.40. The van der Waals surface area contributed by atoms with Crippen LogP contribution in [0.25, 0.3) is 0 Å². The summed E-state index contributed by atoms with van der Waals surface area (Å²) in [5.74, 6) is 1.02. The van der Waals surface area contributed by atoms with Crippen molar-refractivity contribution in [2.24, 2.45) is 11.3 Å². The minimum absolute atomic E-state index is 0.201. The van der Waals surface area contributed by atoms with Gasteiger partial charge in [-0.1, -0.05) is 23.7 Å². The number of nitrogens with zero attached hydrogens (tertiary/aromatic N) is 2. The van der Waals surface area contributed by atoms with E-state index in [1.165, 1.54) is 13.0 Å². The van der Waals surface area contributed by atoms with Gasteiger partial charge in [0.1, 0.15) is 0 Å². The Hall–Kier alpha value is -1.10. The highest BCUT2D eigenvalue weighted by atomic mass is 35.5. The number of hydrogen-bond donors (Lipinski definition) is 0. The van der Waals surface area contributed by atoms with Gasteiger partial charge in [-0.15, -0.1) is 0 Å². The summed E-state index contributed by atoms with van der Waals surface area (Å²) in [5, 5.41) is 0.744. The quantitative estimate of drug-likeness (QED) is 0.824. The number of piperidine rings is 1. The Morgan fingerprint density at radius 2 is 1.96 bits per heavy atom. The van der Waals surface area contributed by atoms with Gasteiger partial charge in [0, 0.05) is 37.7 Å². The van der Waals surface area contributed by atoms with Gasteiger partial charge in [-0.3, -0.25) is 4.79 Å². The number of likely N-dealkylation sites (tertiary alicyclic amines) is 2. The molecular weight excluding hydrogens is 336 g/mol. The SMILES string of the molecule is O=C1CC2(CCN(C[C@@H]3CCOC3)CC2)CN1Cc1ccc(Cl)cc1. The summed E-state index contributed by atoms with van der Waals surface area (Å²) >= 11 is 5.95. The van der Waals surface area contributed by atoms with Gasteiger partial charge < -0.3 is 14.5 Å². The standard InChI is InChI=1S/C20H27ClN2O2/c21-18-3-1-16(2-4-18)13-23-15-20(11-19(23)24)6-8-22(9-7-20)12-17-5-10-25-14-17/h1-4,17H,5-15H2/t17-/m0/s1. The minimum atomic E-state index is 0.201. The normalized spacial score (nSPS) is 26.7. The van der Waals surface area contributed by atoms with Crippen LogP contribution in [0.4, 0.5) is 0 Å². The van der Waals surface area contributed by atoms with Gasteiger partial charge in [-0.2, -0.15) is 0 Å². The molecule has 1 amide bonds. The van der Waals surface area contributed by atoms with Crippen LogP contribution in [0.15, 0.2) is 24.3 Å². The molecule has 1 aromatic rings. The summed E-state index contributed by atoms with van der Waals surface area (Å²) in [7, 11) is 0. The van der Waals surface area contributed by atoms with Crippen molar-refractivity contribution < 1.29 is 9.53 Å². The Kier molecular flexibility index (Phi) is 5.03. The van der Waals surface area contributed by atoms with Crippen molar-refractivity contribution in [1.82, 2.24) is 9.80 Å². The zero-order chi connectivity index (χ0) is 17.3. The van der Waals surface area contributed by atoms with E-state index < -0.39 is 0 Å². The van der Waals surface area contributed by atoms with Gasteiger partial charge in [0.15, 0.2) is 0 Å². The van der Waals surface area contributed by atoms with Crippen LogP contribution < -0.4 is 0 Å². The summed E-state index contributed by atoms with van der Waals surface area (Å²) < 4.78 is 5.50. The number of hydrogen-bond acceptors (Lipinski definition) is 3. The van der Waals surface area contributed by atoms with Crippen LogP contribution in [0.1, 0.15) is 31.2 Å². The lowest BCUT2D eigenvalue weighted by Gasteiger charge is -2.39. The molecule has 3 saturated heterocycles. The second-order valence-corrected chi connectivity index (χ2v) is 8.52. The molecule has 3 heterocycles. The van der Waals surface area contributed by atoms with Gasteiger partial charge >= 0.3 is 0 Å². The molecule has 136 valence electrons. The van der Waals surface area contributed by atoms with Crippen molar-refractivity contribution in [2.75, 3.05) is 39.4 Å². The fourth-order valence-electron chi connectivity index (χ4n) is 4.57. The molecule has 0 aromatic heterocycles. The van der Waals surface area contributed by atoms with Crippen molar-refractivity contribution in [3.63, 3.8) is 0 Å². The molecule has 3 aliphatic heterocycles. The smallest absolute Gasteiger partial charge is 0.223 e. The van der Waals surface area contributed by atoms with E-state index >= 15 is 0 Å². The number of halogens is 1. The average Bonchev–Trinajstić information content (AvgIpc) is 3.21. The molecular formula is C20H27ClN2O2. The lowest BCUT2D eigenvalue weighted by Crippen LogP contribution is -2.43. The number of carbonyl (C=O) groups is 1. The number of rotatable bonds is 4. The van der Waals surface area contributed by atoms with Gasteiger partial charge in [-0.05, 0) is 61.4 Å². The number of ether oxygens (including phenoxy) is 1. The first-order valence-electron chi connectivity index (χ1n) is 9.44. The van der Waals surface area contributed by atoms with E-state index in [2.05, 4.69) is 4.90 Å². The monoisotopic (exact) mass is 362 g/mol. The molecule has 1 spiro atoms. The first kappa shape index (κ1) is 17.3. The van der Waals surface area contributed by atoms with Gasteiger partial charge in [0.25, 0.3) is 0 Å². The maximum Gasteiger partial charge on any atom is 0.223 e. The zero-order valence-corrected chi connectivity index (χ0v) is 15.5. The number of carbonyl (C=O) groups excluding carboxylic acids is 1. The summed E-state index contributed by atoms with van der Waals surface area (Å²) in [6.07, 6.45) is 4.21. The molecule has 25 heavy (non-hydrogen) atoms. The van der Waals surface area contributed by atoms with Gasteiger partial charge in [0.05, 0.1) is 6.61 Å². The Labute approximate surface area is 155 Å². The third kappa shape index (κ3) is 4.02. The zero-order valence-electron chi connectivity index (χ0n) is 14.8.